The molecule has 0 saturated carbocycles. The van der Waals surface area contributed by atoms with Gasteiger partial charge in [0.2, 0.25) is 0 Å². The summed E-state index contributed by atoms with van der Waals surface area (Å²) in [6.07, 6.45) is 1.60. The Morgan fingerprint density at radius 3 is 3.06 bits per heavy atom. The van der Waals surface area contributed by atoms with E-state index in [0.29, 0.717) is 0 Å². The molecule has 1 aliphatic rings. The molecule has 18 heavy (non-hydrogen) atoms. The zero-order valence-electron chi connectivity index (χ0n) is 10.3. The quantitative estimate of drug-likeness (QED) is 0.897. The van der Waals surface area contributed by atoms with Crippen LogP contribution in [0.25, 0.3) is 0 Å². The van der Waals surface area contributed by atoms with Gasteiger partial charge in [0.05, 0.1) is 5.69 Å². The summed E-state index contributed by atoms with van der Waals surface area (Å²) in [4.78, 5) is 0. The summed E-state index contributed by atoms with van der Waals surface area (Å²) in [6.45, 7) is 2.76. The molecule has 4 nitrogen and oxygen atoms in total. The number of hydrogen-bond donors (Lipinski definition) is 1. The molecule has 0 fully saturated rings. The first kappa shape index (κ1) is 11.3. The van der Waals surface area contributed by atoms with E-state index in [1.54, 1.807) is 10.9 Å². The van der Waals surface area contributed by atoms with E-state index in [1.807, 2.05) is 37.3 Å². The van der Waals surface area contributed by atoms with Crippen molar-refractivity contribution in [2.45, 2.75) is 32.1 Å². The van der Waals surface area contributed by atoms with E-state index in [-0.39, 0.29) is 6.10 Å². The van der Waals surface area contributed by atoms with Gasteiger partial charge in [-0.05, 0) is 24.6 Å². The second-order valence-electron chi connectivity index (χ2n) is 4.48. The van der Waals surface area contributed by atoms with E-state index in [0.717, 1.165) is 30.0 Å². The Morgan fingerprint density at radius 1 is 1.44 bits per heavy atom. The lowest BCUT2D eigenvalue weighted by atomic mass is 10.0. The number of aliphatic hydroxyl groups excluding tert-OH is 1. The van der Waals surface area contributed by atoms with Gasteiger partial charge in [0.1, 0.15) is 18.0 Å². The number of benzene rings is 1. The van der Waals surface area contributed by atoms with Crippen LogP contribution in [-0.4, -0.2) is 21.0 Å². The molecule has 1 aromatic heterocycles. The van der Waals surface area contributed by atoms with Crippen LogP contribution in [0, 0.1) is 0 Å². The highest BCUT2D eigenvalue weighted by molar-refractivity contribution is 5.37. The first-order valence-corrected chi connectivity index (χ1v) is 6.24. The third kappa shape index (κ3) is 1.78. The fourth-order valence-electron chi connectivity index (χ4n) is 2.43. The fraction of sp³-hybridized carbons (Fsp3) is 0.357. The van der Waals surface area contributed by atoms with Crippen LogP contribution >= 0.6 is 0 Å². The number of aromatic nitrogens is 2. The second-order valence-corrected chi connectivity index (χ2v) is 4.48. The molecule has 1 aromatic carbocycles. The number of para-hydroxylation sites is 1. The van der Waals surface area contributed by atoms with Gasteiger partial charge in [0, 0.05) is 19.2 Å². The summed E-state index contributed by atoms with van der Waals surface area (Å²) in [5.74, 6) is 0.879. The Balaban J connectivity index is 1.82. The highest BCUT2D eigenvalue weighted by atomic mass is 16.5. The number of fused-ring (bicyclic) bond motifs is 1. The van der Waals surface area contributed by atoms with Crippen molar-refractivity contribution >= 4 is 0 Å². The first-order chi connectivity index (χ1) is 8.79. The summed E-state index contributed by atoms with van der Waals surface area (Å²) in [5, 5.41) is 14.6. The van der Waals surface area contributed by atoms with Crippen molar-refractivity contribution in [3.05, 3.63) is 47.8 Å². The zero-order valence-corrected chi connectivity index (χ0v) is 10.3. The van der Waals surface area contributed by atoms with Crippen LogP contribution in [0.2, 0.25) is 0 Å². The van der Waals surface area contributed by atoms with Crippen molar-refractivity contribution in [3.8, 4) is 5.75 Å². The summed E-state index contributed by atoms with van der Waals surface area (Å²) in [7, 11) is 0. The summed E-state index contributed by atoms with van der Waals surface area (Å²) < 4.78 is 7.60. The first-order valence-electron chi connectivity index (χ1n) is 6.24. The topological polar surface area (TPSA) is 47.3 Å². The number of nitrogens with zero attached hydrogens (tertiary/aromatic N) is 2. The van der Waals surface area contributed by atoms with Crippen molar-refractivity contribution in [1.29, 1.82) is 0 Å². The number of aliphatic hydroxyl groups is 1. The molecule has 0 aliphatic carbocycles. The van der Waals surface area contributed by atoms with E-state index in [2.05, 4.69) is 5.10 Å². The minimum absolute atomic E-state index is 0.218. The number of rotatable bonds is 3. The van der Waals surface area contributed by atoms with Crippen LogP contribution in [0.1, 0.15) is 24.3 Å². The van der Waals surface area contributed by atoms with Crippen LogP contribution in [0.5, 0.6) is 5.75 Å². The molecule has 2 heterocycles. The predicted molar refractivity (Wildman–Crippen MR) is 67.4 cm³/mol. The maximum atomic E-state index is 10.4. The molecule has 2 atom stereocenters. The molecule has 0 saturated heterocycles. The van der Waals surface area contributed by atoms with Gasteiger partial charge in [0.15, 0.2) is 0 Å². The average Bonchev–Trinajstić information content (AvgIpc) is 3.03. The molecule has 0 amide bonds. The summed E-state index contributed by atoms with van der Waals surface area (Å²) in [5.41, 5.74) is 1.97. The van der Waals surface area contributed by atoms with E-state index in [1.165, 1.54) is 0 Å². The molecule has 2 unspecified atom stereocenters. The van der Waals surface area contributed by atoms with Crippen LogP contribution < -0.4 is 4.74 Å². The zero-order chi connectivity index (χ0) is 12.5. The number of hydrogen-bond acceptors (Lipinski definition) is 3. The van der Waals surface area contributed by atoms with Crippen molar-refractivity contribution in [2.24, 2.45) is 0 Å². The Labute approximate surface area is 106 Å². The third-order valence-electron chi connectivity index (χ3n) is 3.38. The van der Waals surface area contributed by atoms with Crippen LogP contribution in [-0.2, 0) is 13.0 Å². The minimum Gasteiger partial charge on any atom is -0.487 e. The molecular formula is C14H16N2O2. The average molecular weight is 244 g/mol. The molecule has 3 rings (SSSR count). The van der Waals surface area contributed by atoms with Crippen molar-refractivity contribution in [3.63, 3.8) is 0 Å². The Morgan fingerprint density at radius 2 is 2.28 bits per heavy atom. The van der Waals surface area contributed by atoms with Gasteiger partial charge in [-0.25, -0.2) is 0 Å². The van der Waals surface area contributed by atoms with Gasteiger partial charge in [0.25, 0.3) is 0 Å². The molecule has 0 bridgehead atoms. The Hall–Kier alpha value is -1.81. The lowest BCUT2D eigenvalue weighted by Crippen LogP contribution is -2.25. The van der Waals surface area contributed by atoms with Gasteiger partial charge in [-0.15, -0.1) is 0 Å². The molecular weight excluding hydrogens is 228 g/mol. The monoisotopic (exact) mass is 244 g/mol. The highest BCUT2D eigenvalue weighted by Gasteiger charge is 2.31. The van der Waals surface area contributed by atoms with Crippen LogP contribution in [0.3, 0.4) is 0 Å². The van der Waals surface area contributed by atoms with Gasteiger partial charge < -0.3 is 9.84 Å². The van der Waals surface area contributed by atoms with E-state index < -0.39 is 6.10 Å². The Kier molecular flexibility index (Phi) is 2.80. The molecule has 94 valence electrons. The van der Waals surface area contributed by atoms with Gasteiger partial charge in [-0.2, -0.15) is 5.10 Å². The standard InChI is InChI=1S/C14H16N2O2/c1-2-16-11(7-8-15-16)14(17)13-9-10-5-3-4-6-12(10)18-13/h3-8,13-14,17H,2,9H2,1H3. The maximum absolute atomic E-state index is 10.4. The molecule has 1 N–H and O–H groups in total. The van der Waals surface area contributed by atoms with Crippen LogP contribution in [0.15, 0.2) is 36.5 Å². The minimum atomic E-state index is -0.639. The number of aryl methyl sites for hydroxylation is 1. The molecule has 0 spiro atoms. The summed E-state index contributed by atoms with van der Waals surface area (Å²) >= 11 is 0. The summed E-state index contributed by atoms with van der Waals surface area (Å²) in [6, 6.07) is 9.77. The largest absolute Gasteiger partial charge is 0.487 e. The third-order valence-corrected chi connectivity index (χ3v) is 3.38. The lowest BCUT2D eigenvalue weighted by molar-refractivity contribution is 0.0430. The molecule has 2 aromatic rings. The fourth-order valence-corrected chi connectivity index (χ4v) is 2.43. The maximum Gasteiger partial charge on any atom is 0.134 e. The van der Waals surface area contributed by atoms with E-state index in [9.17, 15) is 5.11 Å². The van der Waals surface area contributed by atoms with E-state index in [4.69, 9.17) is 4.74 Å². The van der Waals surface area contributed by atoms with Crippen molar-refractivity contribution in [1.82, 2.24) is 9.78 Å². The van der Waals surface area contributed by atoms with Gasteiger partial charge in [-0.1, -0.05) is 18.2 Å². The van der Waals surface area contributed by atoms with Gasteiger partial charge in [-0.3, -0.25) is 4.68 Å². The number of ether oxygens (including phenoxy) is 1. The van der Waals surface area contributed by atoms with Crippen molar-refractivity contribution < 1.29 is 9.84 Å². The van der Waals surface area contributed by atoms with E-state index >= 15 is 0 Å². The second kappa shape index (κ2) is 4.46. The highest BCUT2D eigenvalue weighted by Crippen LogP contribution is 2.33. The molecule has 4 heteroatoms. The van der Waals surface area contributed by atoms with Gasteiger partial charge >= 0.3 is 0 Å². The Bertz CT molecular complexity index is 525. The van der Waals surface area contributed by atoms with Crippen molar-refractivity contribution in [2.75, 3.05) is 0 Å². The normalized spacial score (nSPS) is 19.3. The SMILES string of the molecule is CCn1nccc1C(O)C1Cc2ccccc2O1. The molecule has 1 aliphatic heterocycles. The molecule has 0 radical (unpaired) electrons. The lowest BCUT2D eigenvalue weighted by Gasteiger charge is -2.18. The van der Waals surface area contributed by atoms with Crippen LogP contribution in [0.4, 0.5) is 0 Å². The smallest absolute Gasteiger partial charge is 0.134 e. The predicted octanol–water partition coefficient (Wildman–Crippen LogP) is 1.94.